The van der Waals surface area contributed by atoms with Crippen LogP contribution in [0.4, 0.5) is 17.6 Å². The van der Waals surface area contributed by atoms with Crippen molar-refractivity contribution in [2.24, 2.45) is 0 Å². The summed E-state index contributed by atoms with van der Waals surface area (Å²) in [6.45, 7) is -1.82. The molecule has 0 aliphatic carbocycles. The minimum atomic E-state index is -4.17. The fraction of sp³-hybridized carbons (Fsp3) is 0.400. The van der Waals surface area contributed by atoms with Crippen LogP contribution in [0.25, 0.3) is 0 Å². The van der Waals surface area contributed by atoms with E-state index in [0.717, 1.165) is 0 Å². The van der Waals surface area contributed by atoms with Crippen LogP contribution in [0.5, 0.6) is 5.75 Å². The third-order valence-corrected chi connectivity index (χ3v) is 1.84. The van der Waals surface area contributed by atoms with Crippen molar-refractivity contribution in [3.8, 4) is 5.75 Å². The van der Waals surface area contributed by atoms with Crippen LogP contribution in [0.15, 0.2) is 24.3 Å². The highest BCUT2D eigenvalue weighted by atomic mass is 19.3. The van der Waals surface area contributed by atoms with Crippen LogP contribution in [0.1, 0.15) is 5.56 Å². The van der Waals surface area contributed by atoms with Crippen molar-refractivity contribution in [2.75, 3.05) is 6.61 Å². The monoisotopic (exact) mass is 237 g/mol. The second-order valence-electron chi connectivity index (χ2n) is 3.14. The Morgan fingerprint density at radius 2 is 1.75 bits per heavy atom. The normalized spacial score (nSPS) is 11.9. The maximum Gasteiger partial charge on any atom is 0.340 e. The molecule has 0 fully saturated rings. The fourth-order valence-electron chi connectivity index (χ4n) is 0.924. The van der Waals surface area contributed by atoms with Crippen LogP contribution in [0, 0.1) is 0 Å². The Labute approximate surface area is 89.5 Å². The molecule has 1 rings (SSSR count). The van der Waals surface area contributed by atoms with Gasteiger partial charge in [-0.15, -0.1) is 0 Å². The van der Waals surface area contributed by atoms with Gasteiger partial charge in [0.1, 0.15) is 12.4 Å². The van der Waals surface area contributed by atoms with E-state index in [2.05, 4.69) is 4.74 Å². The van der Waals surface area contributed by atoms with Gasteiger partial charge >= 0.3 is 12.3 Å². The van der Waals surface area contributed by atoms with Gasteiger partial charge in [-0.2, -0.15) is 8.78 Å². The lowest BCUT2D eigenvalue weighted by Crippen LogP contribution is -2.33. The minimum Gasteiger partial charge on any atom is -0.487 e. The number of rotatable bonds is 5. The number of halogens is 4. The maximum atomic E-state index is 12.5. The van der Waals surface area contributed by atoms with Crippen LogP contribution in [0.3, 0.4) is 0 Å². The Balaban J connectivity index is 2.54. The molecule has 0 aliphatic rings. The van der Waals surface area contributed by atoms with Gasteiger partial charge in [-0.1, -0.05) is 12.1 Å². The zero-order valence-electron chi connectivity index (χ0n) is 8.13. The molecule has 0 saturated carbocycles. The van der Waals surface area contributed by atoms with Crippen molar-refractivity contribution >= 4 is 0 Å². The van der Waals surface area contributed by atoms with Crippen molar-refractivity contribution in [3.05, 3.63) is 29.8 Å². The Hall–Kier alpha value is -1.30. The molecule has 0 aliphatic heterocycles. The second-order valence-corrected chi connectivity index (χ2v) is 3.14. The van der Waals surface area contributed by atoms with E-state index in [9.17, 15) is 22.7 Å². The molecule has 1 aromatic carbocycles. The van der Waals surface area contributed by atoms with E-state index in [-0.39, 0.29) is 5.75 Å². The standard InChI is InChI=1S/C10H9F4O2/c11-9(12)10(13,14)6-16-8-3-1-7(5-15)2-4-8/h1-4,9H,5-6H2. The third kappa shape index (κ3) is 3.37. The molecule has 0 spiro atoms. The summed E-state index contributed by atoms with van der Waals surface area (Å²) in [5.41, 5.74) is 0.466. The van der Waals surface area contributed by atoms with Crippen LogP contribution in [0.2, 0.25) is 0 Å². The predicted octanol–water partition coefficient (Wildman–Crippen LogP) is 2.90. The lowest BCUT2D eigenvalue weighted by Gasteiger charge is -2.15. The first-order valence-corrected chi connectivity index (χ1v) is 4.41. The van der Waals surface area contributed by atoms with E-state index in [1.54, 1.807) is 0 Å². The van der Waals surface area contributed by atoms with E-state index < -0.39 is 25.6 Å². The van der Waals surface area contributed by atoms with E-state index in [0.29, 0.717) is 5.56 Å². The first-order valence-electron chi connectivity index (χ1n) is 4.41. The van der Waals surface area contributed by atoms with Crippen molar-refractivity contribution in [1.29, 1.82) is 0 Å². The average Bonchev–Trinajstić information content (AvgIpc) is 2.27. The zero-order valence-corrected chi connectivity index (χ0v) is 8.13. The number of hydrogen-bond donors (Lipinski definition) is 0. The van der Waals surface area contributed by atoms with E-state index in [1.807, 2.05) is 0 Å². The van der Waals surface area contributed by atoms with Crippen LogP contribution in [-0.2, 0) is 11.7 Å². The molecule has 89 valence electrons. The lowest BCUT2D eigenvalue weighted by molar-refractivity contribution is -0.148. The summed E-state index contributed by atoms with van der Waals surface area (Å²) >= 11 is 0. The summed E-state index contributed by atoms with van der Waals surface area (Å²) in [5, 5.41) is 10.4. The molecule has 6 heteroatoms. The van der Waals surface area contributed by atoms with Gasteiger partial charge in [-0.3, -0.25) is 0 Å². The molecule has 0 N–H and O–H groups in total. The van der Waals surface area contributed by atoms with E-state index >= 15 is 0 Å². The van der Waals surface area contributed by atoms with Crippen molar-refractivity contribution < 1.29 is 27.4 Å². The highest BCUT2D eigenvalue weighted by Crippen LogP contribution is 2.24. The molecule has 2 nitrogen and oxygen atoms in total. The molecule has 0 unspecified atom stereocenters. The van der Waals surface area contributed by atoms with Crippen molar-refractivity contribution in [3.63, 3.8) is 0 Å². The molecule has 1 aromatic rings. The van der Waals surface area contributed by atoms with Gasteiger partial charge in [-0.25, -0.2) is 13.9 Å². The highest BCUT2D eigenvalue weighted by Gasteiger charge is 2.41. The quantitative estimate of drug-likeness (QED) is 0.724. The summed E-state index contributed by atoms with van der Waals surface area (Å²) in [6, 6.07) is 5.36. The largest absolute Gasteiger partial charge is 0.487 e. The van der Waals surface area contributed by atoms with Gasteiger partial charge in [0.15, 0.2) is 6.61 Å². The Morgan fingerprint density at radius 3 is 2.19 bits per heavy atom. The number of alkyl halides is 4. The Bertz CT molecular complexity index is 324. The van der Waals surface area contributed by atoms with Gasteiger partial charge in [0, 0.05) is 0 Å². The predicted molar refractivity (Wildman–Crippen MR) is 47.3 cm³/mol. The molecule has 0 aromatic heterocycles. The first-order chi connectivity index (χ1) is 7.45. The molecular formula is C10H9F4O2. The molecule has 0 saturated heterocycles. The minimum absolute atomic E-state index is 0.0255. The smallest absolute Gasteiger partial charge is 0.340 e. The first kappa shape index (κ1) is 12.8. The topological polar surface area (TPSA) is 29.1 Å². The Kier molecular flexibility index (Phi) is 4.12. The summed E-state index contributed by atoms with van der Waals surface area (Å²) in [6.07, 6.45) is -3.76. The summed E-state index contributed by atoms with van der Waals surface area (Å²) in [5.74, 6) is -4.14. The second kappa shape index (κ2) is 5.16. The molecular weight excluding hydrogens is 228 g/mol. The molecule has 16 heavy (non-hydrogen) atoms. The van der Waals surface area contributed by atoms with Crippen molar-refractivity contribution in [2.45, 2.75) is 19.0 Å². The number of hydrogen-bond acceptors (Lipinski definition) is 1. The molecule has 0 bridgehead atoms. The zero-order chi connectivity index (χ0) is 12.2. The number of ether oxygens (including phenoxy) is 1. The van der Waals surface area contributed by atoms with E-state index in [1.165, 1.54) is 24.3 Å². The maximum absolute atomic E-state index is 12.5. The lowest BCUT2D eigenvalue weighted by atomic mass is 10.2. The SMILES string of the molecule is [O]Cc1ccc(OCC(F)(F)C(F)F)cc1. The summed E-state index contributed by atoms with van der Waals surface area (Å²) in [4.78, 5) is 0. The van der Waals surface area contributed by atoms with Crippen LogP contribution in [-0.4, -0.2) is 19.0 Å². The number of benzene rings is 1. The molecule has 0 amide bonds. The summed E-state index contributed by atoms with van der Waals surface area (Å²) < 4.78 is 52.9. The third-order valence-electron chi connectivity index (χ3n) is 1.84. The van der Waals surface area contributed by atoms with Gasteiger partial charge in [0.25, 0.3) is 0 Å². The van der Waals surface area contributed by atoms with E-state index in [4.69, 9.17) is 0 Å². The molecule has 0 atom stereocenters. The fourth-order valence-corrected chi connectivity index (χ4v) is 0.924. The Morgan fingerprint density at radius 1 is 1.19 bits per heavy atom. The van der Waals surface area contributed by atoms with Gasteiger partial charge in [0.2, 0.25) is 0 Å². The van der Waals surface area contributed by atoms with Crippen LogP contribution < -0.4 is 4.74 Å². The van der Waals surface area contributed by atoms with Crippen molar-refractivity contribution in [1.82, 2.24) is 0 Å². The highest BCUT2D eigenvalue weighted by molar-refractivity contribution is 5.26. The van der Waals surface area contributed by atoms with Crippen LogP contribution >= 0.6 is 0 Å². The molecule has 0 heterocycles. The summed E-state index contributed by atoms with van der Waals surface area (Å²) in [7, 11) is 0. The van der Waals surface area contributed by atoms with Gasteiger partial charge in [-0.05, 0) is 17.7 Å². The molecule has 1 radical (unpaired) electrons. The van der Waals surface area contributed by atoms with Gasteiger partial charge < -0.3 is 4.74 Å². The average molecular weight is 237 g/mol. The van der Waals surface area contributed by atoms with Gasteiger partial charge in [0.05, 0.1) is 0 Å².